The normalized spacial score (nSPS) is 22.5. The van der Waals surface area contributed by atoms with E-state index in [1.165, 1.54) is 0 Å². The maximum Gasteiger partial charge on any atom is 0.244 e. The molecule has 1 fully saturated rings. The summed E-state index contributed by atoms with van der Waals surface area (Å²) < 4.78 is 5.34. The summed E-state index contributed by atoms with van der Waals surface area (Å²) >= 11 is 0. The lowest BCUT2D eigenvalue weighted by Crippen LogP contribution is -2.38. The van der Waals surface area contributed by atoms with E-state index in [-0.39, 0.29) is 36.1 Å². The van der Waals surface area contributed by atoms with Gasteiger partial charge in [-0.15, -0.1) is 0 Å². The third-order valence-electron chi connectivity index (χ3n) is 4.35. The first kappa shape index (κ1) is 16.2. The molecule has 24 heavy (non-hydrogen) atoms. The molecule has 1 aromatic rings. The van der Waals surface area contributed by atoms with Crippen molar-refractivity contribution in [1.29, 1.82) is 0 Å². The van der Waals surface area contributed by atoms with E-state index >= 15 is 0 Å². The molecule has 1 aliphatic heterocycles. The van der Waals surface area contributed by atoms with Crippen LogP contribution < -0.4 is 10.1 Å². The van der Waals surface area contributed by atoms with E-state index in [1.807, 2.05) is 19.1 Å². The number of carbonyl (C=O) groups is 3. The summed E-state index contributed by atoms with van der Waals surface area (Å²) in [7, 11) is 0. The van der Waals surface area contributed by atoms with Gasteiger partial charge < -0.3 is 10.1 Å². The van der Waals surface area contributed by atoms with Gasteiger partial charge in [-0.3, -0.25) is 19.3 Å². The molecule has 6 nitrogen and oxygen atoms in total. The third kappa shape index (κ3) is 3.18. The van der Waals surface area contributed by atoms with Crippen LogP contribution in [0.5, 0.6) is 5.75 Å². The second-order valence-corrected chi connectivity index (χ2v) is 5.92. The number of anilines is 1. The Morgan fingerprint density at radius 1 is 1.12 bits per heavy atom. The van der Waals surface area contributed by atoms with E-state index in [0.717, 1.165) is 10.6 Å². The fourth-order valence-electron chi connectivity index (χ4n) is 3.17. The standard InChI is InChI=1S/C18H20N2O4/c1-2-24-13-9-7-12(8-10-13)19-16(21)11-20-17(22)14-5-3-4-6-15(14)18(20)23/h3-4,7-10,14-15H,2,5-6,11H2,1H3,(H,19,21)/t14-,15-/m0/s1. The fourth-order valence-corrected chi connectivity index (χ4v) is 3.17. The maximum absolute atomic E-state index is 12.3. The highest BCUT2D eigenvalue weighted by Gasteiger charge is 2.47. The lowest BCUT2D eigenvalue weighted by Gasteiger charge is -2.14. The van der Waals surface area contributed by atoms with Gasteiger partial charge in [0.1, 0.15) is 12.3 Å². The molecule has 3 amide bonds. The largest absolute Gasteiger partial charge is 0.494 e. The van der Waals surface area contributed by atoms with Crippen LogP contribution in [0.2, 0.25) is 0 Å². The number of amides is 3. The van der Waals surface area contributed by atoms with Crippen molar-refractivity contribution in [2.24, 2.45) is 11.8 Å². The van der Waals surface area contributed by atoms with Crippen molar-refractivity contribution in [2.45, 2.75) is 19.8 Å². The third-order valence-corrected chi connectivity index (χ3v) is 4.35. The Bertz CT molecular complexity index is 655. The van der Waals surface area contributed by atoms with Gasteiger partial charge in [0, 0.05) is 5.69 Å². The van der Waals surface area contributed by atoms with Gasteiger partial charge in [0.2, 0.25) is 17.7 Å². The molecule has 0 radical (unpaired) electrons. The summed E-state index contributed by atoms with van der Waals surface area (Å²) in [5, 5.41) is 2.70. The van der Waals surface area contributed by atoms with Crippen molar-refractivity contribution in [3.05, 3.63) is 36.4 Å². The second-order valence-electron chi connectivity index (χ2n) is 5.92. The van der Waals surface area contributed by atoms with Gasteiger partial charge in [-0.2, -0.15) is 0 Å². The Hall–Kier alpha value is -2.63. The first-order valence-electron chi connectivity index (χ1n) is 8.13. The minimum Gasteiger partial charge on any atom is -0.494 e. The number of carbonyl (C=O) groups excluding carboxylic acids is 3. The average Bonchev–Trinajstić information content (AvgIpc) is 2.82. The average molecular weight is 328 g/mol. The molecular formula is C18H20N2O4. The molecule has 0 aromatic heterocycles. The summed E-state index contributed by atoms with van der Waals surface area (Å²) in [6, 6.07) is 6.96. The van der Waals surface area contributed by atoms with Crippen LogP contribution in [-0.2, 0) is 14.4 Å². The smallest absolute Gasteiger partial charge is 0.244 e. The Balaban J connectivity index is 1.60. The minimum atomic E-state index is -0.382. The predicted molar refractivity (Wildman–Crippen MR) is 88.3 cm³/mol. The number of hydrogen-bond donors (Lipinski definition) is 1. The first-order valence-corrected chi connectivity index (χ1v) is 8.13. The van der Waals surface area contributed by atoms with Crippen LogP contribution in [-0.4, -0.2) is 35.8 Å². The molecule has 6 heteroatoms. The first-order chi connectivity index (χ1) is 11.6. The highest BCUT2D eigenvalue weighted by Crippen LogP contribution is 2.34. The number of hydrogen-bond acceptors (Lipinski definition) is 4. The number of benzene rings is 1. The van der Waals surface area contributed by atoms with Crippen LogP contribution >= 0.6 is 0 Å². The van der Waals surface area contributed by atoms with Crippen molar-refractivity contribution in [2.75, 3.05) is 18.5 Å². The van der Waals surface area contributed by atoms with Crippen LogP contribution in [0.4, 0.5) is 5.69 Å². The summed E-state index contributed by atoms with van der Waals surface area (Å²) in [5.74, 6) is -0.752. The summed E-state index contributed by atoms with van der Waals surface area (Å²) in [4.78, 5) is 37.9. The number of rotatable bonds is 5. The van der Waals surface area contributed by atoms with Crippen molar-refractivity contribution in [3.63, 3.8) is 0 Å². The van der Waals surface area contributed by atoms with Gasteiger partial charge in [-0.1, -0.05) is 12.2 Å². The summed E-state index contributed by atoms with van der Waals surface area (Å²) in [6.45, 7) is 2.23. The minimum absolute atomic E-state index is 0.238. The Kier molecular flexibility index (Phi) is 4.64. The number of likely N-dealkylation sites (tertiary alicyclic amines) is 1. The maximum atomic E-state index is 12.3. The van der Waals surface area contributed by atoms with Gasteiger partial charge in [-0.05, 0) is 44.0 Å². The molecule has 126 valence electrons. The van der Waals surface area contributed by atoms with Crippen LogP contribution in [0.25, 0.3) is 0 Å². The van der Waals surface area contributed by atoms with E-state index in [2.05, 4.69) is 5.32 Å². The topological polar surface area (TPSA) is 75.7 Å². The Morgan fingerprint density at radius 3 is 2.25 bits per heavy atom. The van der Waals surface area contributed by atoms with Crippen molar-refractivity contribution in [1.82, 2.24) is 4.90 Å². The number of allylic oxidation sites excluding steroid dienone is 2. The van der Waals surface area contributed by atoms with Crippen LogP contribution in [0, 0.1) is 11.8 Å². The zero-order valence-corrected chi connectivity index (χ0v) is 13.5. The monoisotopic (exact) mass is 328 g/mol. The molecule has 2 aliphatic rings. The number of ether oxygens (including phenoxy) is 1. The molecule has 3 rings (SSSR count). The molecule has 0 spiro atoms. The Labute approximate surface area is 140 Å². The zero-order valence-electron chi connectivity index (χ0n) is 13.5. The molecule has 2 atom stereocenters. The number of nitrogens with zero attached hydrogens (tertiary/aromatic N) is 1. The van der Waals surface area contributed by atoms with Gasteiger partial charge in [0.05, 0.1) is 18.4 Å². The van der Waals surface area contributed by atoms with E-state index in [9.17, 15) is 14.4 Å². The second kappa shape index (κ2) is 6.86. The lowest BCUT2D eigenvalue weighted by molar-refractivity contribution is -0.142. The number of nitrogens with one attached hydrogen (secondary N) is 1. The fraction of sp³-hybridized carbons (Fsp3) is 0.389. The van der Waals surface area contributed by atoms with Crippen LogP contribution in [0.3, 0.4) is 0 Å². The quantitative estimate of drug-likeness (QED) is 0.662. The zero-order chi connectivity index (χ0) is 17.1. The SMILES string of the molecule is CCOc1ccc(NC(=O)CN2C(=O)[C@H]3CC=CC[C@@H]3C2=O)cc1. The van der Waals surface area contributed by atoms with E-state index < -0.39 is 0 Å². The molecule has 0 bridgehead atoms. The van der Waals surface area contributed by atoms with Crippen molar-refractivity contribution < 1.29 is 19.1 Å². The molecule has 0 saturated carbocycles. The molecule has 1 aliphatic carbocycles. The highest BCUT2D eigenvalue weighted by atomic mass is 16.5. The van der Waals surface area contributed by atoms with Crippen LogP contribution in [0.15, 0.2) is 36.4 Å². The van der Waals surface area contributed by atoms with E-state index in [0.29, 0.717) is 25.1 Å². The van der Waals surface area contributed by atoms with Gasteiger partial charge in [0.25, 0.3) is 0 Å². The van der Waals surface area contributed by atoms with Crippen LogP contribution in [0.1, 0.15) is 19.8 Å². The number of fused-ring (bicyclic) bond motifs is 1. The molecule has 0 unspecified atom stereocenters. The summed E-state index contributed by atoms with van der Waals surface area (Å²) in [6.07, 6.45) is 5.00. The lowest BCUT2D eigenvalue weighted by atomic mass is 9.85. The van der Waals surface area contributed by atoms with Gasteiger partial charge in [-0.25, -0.2) is 0 Å². The van der Waals surface area contributed by atoms with E-state index in [1.54, 1.807) is 24.3 Å². The van der Waals surface area contributed by atoms with Crippen molar-refractivity contribution >= 4 is 23.4 Å². The Morgan fingerprint density at radius 2 is 1.71 bits per heavy atom. The van der Waals surface area contributed by atoms with Crippen molar-refractivity contribution in [3.8, 4) is 5.75 Å². The molecule has 1 aromatic carbocycles. The van der Waals surface area contributed by atoms with Gasteiger partial charge in [0.15, 0.2) is 0 Å². The molecule has 1 N–H and O–H groups in total. The summed E-state index contributed by atoms with van der Waals surface area (Å²) in [5.41, 5.74) is 0.599. The number of imide groups is 1. The molecule has 1 saturated heterocycles. The predicted octanol–water partition coefficient (Wildman–Crippen LogP) is 1.97. The van der Waals surface area contributed by atoms with Gasteiger partial charge >= 0.3 is 0 Å². The molecule has 1 heterocycles. The highest BCUT2D eigenvalue weighted by molar-refractivity contribution is 6.08. The molecular weight excluding hydrogens is 308 g/mol. The van der Waals surface area contributed by atoms with E-state index in [4.69, 9.17) is 4.74 Å².